The fraction of sp³-hybridized carbons (Fsp3) is 1.00. The van der Waals surface area contributed by atoms with E-state index in [1.54, 1.807) is 0 Å². The lowest BCUT2D eigenvalue weighted by atomic mass is 9.54. The molecule has 0 spiro atoms. The number of hydrogen-bond donors (Lipinski definition) is 0. The first-order chi connectivity index (χ1) is 4.24. The summed E-state index contributed by atoms with van der Waals surface area (Å²) in [6, 6.07) is 0. The van der Waals surface area contributed by atoms with Crippen LogP contribution < -0.4 is 0 Å². The number of hydrogen-bond acceptors (Lipinski definition) is 2. The second kappa shape index (κ2) is 1.65. The third kappa shape index (κ3) is 0.640. The average molecular weight is 160 g/mol. The second-order valence-electron chi connectivity index (χ2n) is 3.30. The van der Waals surface area contributed by atoms with Gasteiger partial charge < -0.3 is 0 Å². The Bertz CT molecular complexity index is 108. The number of thioether (sulfide) groups is 2. The van der Waals surface area contributed by atoms with Gasteiger partial charge in [0.05, 0.1) is 0 Å². The second-order valence-corrected chi connectivity index (χ2v) is 5.85. The van der Waals surface area contributed by atoms with E-state index in [9.17, 15) is 0 Å². The van der Waals surface area contributed by atoms with Crippen LogP contribution in [0.3, 0.4) is 0 Å². The Morgan fingerprint density at radius 1 is 0.889 bits per heavy atom. The van der Waals surface area contributed by atoms with E-state index in [0.717, 1.165) is 9.49 Å². The third-order valence-corrected chi connectivity index (χ3v) is 5.40. The SMILES string of the molecule is CSC12CC(SC)(C1)C2. The molecule has 3 saturated carbocycles. The van der Waals surface area contributed by atoms with E-state index in [1.165, 1.54) is 19.3 Å². The molecule has 2 bridgehead atoms. The molecule has 2 heteroatoms. The van der Waals surface area contributed by atoms with Gasteiger partial charge in [0.1, 0.15) is 0 Å². The van der Waals surface area contributed by atoms with Gasteiger partial charge in [-0.1, -0.05) is 0 Å². The summed E-state index contributed by atoms with van der Waals surface area (Å²) in [5.41, 5.74) is 0. The van der Waals surface area contributed by atoms with Crippen LogP contribution in [0, 0.1) is 0 Å². The Hall–Kier alpha value is 0.700. The minimum Gasteiger partial charge on any atom is -0.158 e. The van der Waals surface area contributed by atoms with Crippen molar-refractivity contribution in [1.82, 2.24) is 0 Å². The Labute approximate surface area is 65.2 Å². The minimum atomic E-state index is 0.767. The zero-order chi connectivity index (χ0) is 6.54. The molecule has 0 nitrogen and oxygen atoms in total. The van der Waals surface area contributed by atoms with E-state index < -0.39 is 0 Å². The van der Waals surface area contributed by atoms with E-state index in [1.807, 2.05) is 0 Å². The van der Waals surface area contributed by atoms with Crippen LogP contribution in [0.25, 0.3) is 0 Å². The average Bonchev–Trinajstić information content (AvgIpc) is 1.62. The summed E-state index contributed by atoms with van der Waals surface area (Å²) < 4.78 is 1.53. The quantitative estimate of drug-likeness (QED) is 0.608. The van der Waals surface area contributed by atoms with Gasteiger partial charge >= 0.3 is 0 Å². The fourth-order valence-corrected chi connectivity index (χ4v) is 4.84. The Balaban J connectivity index is 1.96. The first-order valence-corrected chi connectivity index (χ1v) is 5.80. The van der Waals surface area contributed by atoms with E-state index in [2.05, 4.69) is 36.0 Å². The van der Waals surface area contributed by atoms with Crippen molar-refractivity contribution in [3.8, 4) is 0 Å². The number of rotatable bonds is 2. The first-order valence-electron chi connectivity index (χ1n) is 3.35. The van der Waals surface area contributed by atoms with Gasteiger partial charge in [-0.3, -0.25) is 0 Å². The summed E-state index contributed by atoms with van der Waals surface area (Å²) in [5, 5.41) is 0. The Morgan fingerprint density at radius 3 is 1.44 bits per heavy atom. The molecule has 0 amide bonds. The molecular weight excluding hydrogens is 148 g/mol. The molecule has 0 aromatic rings. The van der Waals surface area contributed by atoms with Gasteiger partial charge in [0.2, 0.25) is 0 Å². The standard InChI is InChI=1S/C7H12S2/c1-8-6-3-7(4-6,5-6)9-2/h3-5H2,1-2H3. The van der Waals surface area contributed by atoms with Crippen LogP contribution in [-0.4, -0.2) is 22.0 Å². The molecule has 3 aliphatic rings. The molecule has 9 heavy (non-hydrogen) atoms. The smallest absolute Gasteiger partial charge is 0.0197 e. The van der Waals surface area contributed by atoms with Crippen LogP contribution in [0.5, 0.6) is 0 Å². The van der Waals surface area contributed by atoms with Crippen LogP contribution in [0.4, 0.5) is 0 Å². The van der Waals surface area contributed by atoms with Crippen molar-refractivity contribution in [3.05, 3.63) is 0 Å². The maximum atomic E-state index is 2.25. The van der Waals surface area contributed by atoms with Crippen molar-refractivity contribution in [2.75, 3.05) is 12.5 Å². The predicted molar refractivity (Wildman–Crippen MR) is 46.3 cm³/mol. The van der Waals surface area contributed by atoms with Crippen LogP contribution in [0.2, 0.25) is 0 Å². The lowest BCUT2D eigenvalue weighted by Gasteiger charge is -2.69. The molecule has 3 fully saturated rings. The Morgan fingerprint density at radius 2 is 1.22 bits per heavy atom. The highest BCUT2D eigenvalue weighted by molar-refractivity contribution is 8.02. The molecule has 0 N–H and O–H groups in total. The van der Waals surface area contributed by atoms with E-state index in [0.29, 0.717) is 0 Å². The van der Waals surface area contributed by atoms with Crippen molar-refractivity contribution < 1.29 is 0 Å². The van der Waals surface area contributed by atoms with Gasteiger partial charge in [-0.15, -0.1) is 0 Å². The maximum Gasteiger partial charge on any atom is 0.0197 e. The minimum absolute atomic E-state index is 0.767. The third-order valence-electron chi connectivity index (χ3n) is 2.80. The first kappa shape index (κ1) is 6.41. The summed E-state index contributed by atoms with van der Waals surface area (Å²) in [6.45, 7) is 0. The van der Waals surface area contributed by atoms with Crippen LogP contribution in [-0.2, 0) is 0 Å². The van der Waals surface area contributed by atoms with Crippen LogP contribution >= 0.6 is 23.5 Å². The molecule has 0 saturated heterocycles. The van der Waals surface area contributed by atoms with Gasteiger partial charge in [-0.2, -0.15) is 23.5 Å². The predicted octanol–water partition coefficient (Wildman–Crippen LogP) is 2.39. The summed E-state index contributed by atoms with van der Waals surface area (Å²) >= 11 is 4.16. The molecule has 0 radical (unpaired) electrons. The lowest BCUT2D eigenvalue weighted by molar-refractivity contribution is 0.0985. The lowest BCUT2D eigenvalue weighted by Crippen LogP contribution is -2.67. The normalized spacial score (nSPS) is 54.0. The highest BCUT2D eigenvalue weighted by Crippen LogP contribution is 2.72. The molecule has 52 valence electrons. The van der Waals surface area contributed by atoms with Crippen molar-refractivity contribution in [2.24, 2.45) is 0 Å². The molecule has 3 rings (SSSR count). The molecule has 0 aromatic carbocycles. The zero-order valence-corrected chi connectivity index (χ0v) is 7.57. The molecule has 0 heterocycles. The van der Waals surface area contributed by atoms with Crippen molar-refractivity contribution in [3.63, 3.8) is 0 Å². The molecule has 0 aliphatic heterocycles. The van der Waals surface area contributed by atoms with E-state index >= 15 is 0 Å². The van der Waals surface area contributed by atoms with Gasteiger partial charge in [0.15, 0.2) is 0 Å². The van der Waals surface area contributed by atoms with Gasteiger partial charge in [-0.05, 0) is 31.8 Å². The van der Waals surface area contributed by atoms with Crippen molar-refractivity contribution in [2.45, 2.75) is 28.8 Å². The highest BCUT2D eigenvalue weighted by Gasteiger charge is 2.67. The van der Waals surface area contributed by atoms with E-state index in [4.69, 9.17) is 0 Å². The molecule has 0 unspecified atom stereocenters. The summed E-state index contributed by atoms with van der Waals surface area (Å²) in [6.07, 6.45) is 8.97. The molecule has 3 aliphatic carbocycles. The largest absolute Gasteiger partial charge is 0.158 e. The summed E-state index contributed by atoms with van der Waals surface area (Å²) in [5.74, 6) is 0. The molecule has 0 atom stereocenters. The molecule has 0 aromatic heterocycles. The monoisotopic (exact) mass is 160 g/mol. The molecular formula is C7H12S2. The zero-order valence-electron chi connectivity index (χ0n) is 5.94. The summed E-state index contributed by atoms with van der Waals surface area (Å²) in [4.78, 5) is 0. The van der Waals surface area contributed by atoms with Crippen molar-refractivity contribution in [1.29, 1.82) is 0 Å². The summed E-state index contributed by atoms with van der Waals surface area (Å²) in [7, 11) is 0. The Kier molecular flexibility index (Phi) is 1.17. The van der Waals surface area contributed by atoms with Gasteiger partial charge in [0, 0.05) is 9.49 Å². The highest BCUT2D eigenvalue weighted by atomic mass is 32.2. The topological polar surface area (TPSA) is 0 Å². The van der Waals surface area contributed by atoms with Crippen LogP contribution in [0.15, 0.2) is 0 Å². The maximum absolute atomic E-state index is 2.25. The van der Waals surface area contributed by atoms with Gasteiger partial charge in [-0.25, -0.2) is 0 Å². The van der Waals surface area contributed by atoms with Crippen molar-refractivity contribution >= 4 is 23.5 Å². The van der Waals surface area contributed by atoms with E-state index in [-0.39, 0.29) is 0 Å². The van der Waals surface area contributed by atoms with Gasteiger partial charge in [0.25, 0.3) is 0 Å². The fourth-order valence-electron chi connectivity index (χ4n) is 2.04. The van der Waals surface area contributed by atoms with Crippen LogP contribution in [0.1, 0.15) is 19.3 Å².